The fraction of sp³-hybridized carbons (Fsp3) is 0.444. The number of hydrogen-bond donors (Lipinski definition) is 1. The molecule has 0 radical (unpaired) electrons. The first-order valence-electron chi connectivity index (χ1n) is 7.87. The molecule has 1 heterocycles. The number of rotatable bonds is 6. The number of nitrogens with zero attached hydrogens (tertiary/aromatic N) is 2. The molecular weight excluding hydrogens is 274 g/mol. The summed E-state index contributed by atoms with van der Waals surface area (Å²) < 4.78 is 1.77. The SMILES string of the molecule is CCCCNC(=O)C(C)(C)n1cc(C)c(-c2ccccc2)n1. The van der Waals surface area contributed by atoms with Crippen LogP contribution in [-0.2, 0) is 10.3 Å². The molecule has 118 valence electrons. The van der Waals surface area contributed by atoms with Crippen LogP contribution in [0.25, 0.3) is 11.3 Å². The number of aromatic nitrogens is 2. The molecule has 1 amide bonds. The fourth-order valence-corrected chi connectivity index (χ4v) is 2.33. The molecule has 2 aromatic rings. The van der Waals surface area contributed by atoms with Crippen LogP contribution >= 0.6 is 0 Å². The van der Waals surface area contributed by atoms with E-state index in [9.17, 15) is 4.79 Å². The molecule has 2 rings (SSSR count). The van der Waals surface area contributed by atoms with Crippen molar-refractivity contribution < 1.29 is 4.79 Å². The summed E-state index contributed by atoms with van der Waals surface area (Å²) in [5, 5.41) is 7.65. The van der Waals surface area contributed by atoms with Gasteiger partial charge in [-0.2, -0.15) is 5.10 Å². The van der Waals surface area contributed by atoms with Crippen molar-refractivity contribution in [3.8, 4) is 11.3 Å². The van der Waals surface area contributed by atoms with E-state index in [2.05, 4.69) is 17.3 Å². The van der Waals surface area contributed by atoms with E-state index in [1.165, 1.54) is 0 Å². The largest absolute Gasteiger partial charge is 0.354 e. The Bertz CT molecular complexity index is 629. The van der Waals surface area contributed by atoms with Gasteiger partial charge < -0.3 is 5.32 Å². The molecule has 0 atom stereocenters. The fourth-order valence-electron chi connectivity index (χ4n) is 2.33. The van der Waals surface area contributed by atoms with Crippen LogP contribution in [0.2, 0.25) is 0 Å². The Morgan fingerprint density at radius 3 is 2.59 bits per heavy atom. The Hall–Kier alpha value is -2.10. The second-order valence-electron chi connectivity index (χ2n) is 6.14. The van der Waals surface area contributed by atoms with Gasteiger partial charge in [-0.05, 0) is 32.8 Å². The van der Waals surface area contributed by atoms with Crippen molar-refractivity contribution in [1.82, 2.24) is 15.1 Å². The van der Waals surface area contributed by atoms with Crippen LogP contribution in [0.4, 0.5) is 0 Å². The Balaban J connectivity index is 2.23. The number of nitrogens with one attached hydrogen (secondary N) is 1. The molecule has 0 spiro atoms. The molecule has 1 aromatic heterocycles. The predicted octanol–water partition coefficient (Wildman–Crippen LogP) is 3.51. The van der Waals surface area contributed by atoms with Gasteiger partial charge in [-0.1, -0.05) is 43.7 Å². The van der Waals surface area contributed by atoms with E-state index in [-0.39, 0.29) is 5.91 Å². The van der Waals surface area contributed by atoms with Gasteiger partial charge in [-0.25, -0.2) is 0 Å². The number of amides is 1. The monoisotopic (exact) mass is 299 g/mol. The summed E-state index contributed by atoms with van der Waals surface area (Å²) in [5.74, 6) is 0.00283. The zero-order chi connectivity index (χ0) is 16.2. The minimum Gasteiger partial charge on any atom is -0.354 e. The predicted molar refractivity (Wildman–Crippen MR) is 89.6 cm³/mol. The molecule has 0 saturated heterocycles. The van der Waals surface area contributed by atoms with Crippen molar-refractivity contribution in [1.29, 1.82) is 0 Å². The third-order valence-electron chi connectivity index (χ3n) is 3.89. The standard InChI is InChI=1S/C18H25N3O/c1-5-6-12-19-17(22)18(3,4)21-13-14(2)16(20-21)15-10-8-7-9-11-15/h7-11,13H,5-6,12H2,1-4H3,(H,19,22). The maximum atomic E-state index is 12.4. The van der Waals surface area contributed by atoms with Gasteiger partial charge in [0, 0.05) is 18.3 Å². The van der Waals surface area contributed by atoms with E-state index in [1.54, 1.807) is 4.68 Å². The summed E-state index contributed by atoms with van der Waals surface area (Å²) in [6.07, 6.45) is 4.01. The molecule has 22 heavy (non-hydrogen) atoms. The minimum absolute atomic E-state index is 0.00283. The first kappa shape index (κ1) is 16.3. The highest BCUT2D eigenvalue weighted by Gasteiger charge is 2.31. The van der Waals surface area contributed by atoms with E-state index in [4.69, 9.17) is 0 Å². The van der Waals surface area contributed by atoms with Crippen molar-refractivity contribution in [2.75, 3.05) is 6.54 Å². The smallest absolute Gasteiger partial charge is 0.247 e. The number of benzene rings is 1. The molecule has 4 nitrogen and oxygen atoms in total. The number of hydrogen-bond acceptors (Lipinski definition) is 2. The van der Waals surface area contributed by atoms with Crippen LogP contribution in [0.5, 0.6) is 0 Å². The van der Waals surface area contributed by atoms with E-state index >= 15 is 0 Å². The molecule has 4 heteroatoms. The van der Waals surface area contributed by atoms with Gasteiger partial charge in [-0.15, -0.1) is 0 Å². The average molecular weight is 299 g/mol. The Morgan fingerprint density at radius 2 is 1.95 bits per heavy atom. The molecule has 0 fully saturated rings. The van der Waals surface area contributed by atoms with Crippen molar-refractivity contribution in [2.45, 2.75) is 46.1 Å². The van der Waals surface area contributed by atoms with Crippen LogP contribution in [0, 0.1) is 6.92 Å². The summed E-state index contributed by atoms with van der Waals surface area (Å²) in [6.45, 7) is 8.65. The molecule has 1 aromatic carbocycles. The number of carbonyl (C=O) groups is 1. The second kappa shape index (κ2) is 6.77. The van der Waals surface area contributed by atoms with E-state index < -0.39 is 5.54 Å². The van der Waals surface area contributed by atoms with Gasteiger partial charge in [0.1, 0.15) is 5.54 Å². The zero-order valence-electron chi connectivity index (χ0n) is 13.9. The highest BCUT2D eigenvalue weighted by molar-refractivity contribution is 5.83. The van der Waals surface area contributed by atoms with Crippen molar-refractivity contribution in [3.63, 3.8) is 0 Å². The third-order valence-corrected chi connectivity index (χ3v) is 3.89. The van der Waals surface area contributed by atoms with Crippen LogP contribution in [0.1, 0.15) is 39.2 Å². The number of carbonyl (C=O) groups excluding carboxylic acids is 1. The Labute approximate surface area is 132 Å². The Morgan fingerprint density at radius 1 is 1.27 bits per heavy atom. The van der Waals surface area contributed by atoms with Crippen LogP contribution in [0.3, 0.4) is 0 Å². The summed E-state index contributed by atoms with van der Waals surface area (Å²) in [4.78, 5) is 12.4. The van der Waals surface area contributed by atoms with E-state index in [0.29, 0.717) is 6.54 Å². The average Bonchev–Trinajstić information content (AvgIpc) is 2.91. The molecule has 0 bridgehead atoms. The summed E-state index contributed by atoms with van der Waals surface area (Å²) in [6, 6.07) is 10.1. The molecule has 1 N–H and O–H groups in total. The molecule has 0 unspecified atom stereocenters. The van der Waals surface area contributed by atoms with Gasteiger partial charge >= 0.3 is 0 Å². The lowest BCUT2D eigenvalue weighted by molar-refractivity contribution is -0.128. The summed E-state index contributed by atoms with van der Waals surface area (Å²) >= 11 is 0. The quantitative estimate of drug-likeness (QED) is 0.830. The Kier molecular flexibility index (Phi) is 5.01. The summed E-state index contributed by atoms with van der Waals surface area (Å²) in [7, 11) is 0. The van der Waals surface area contributed by atoms with Gasteiger partial charge in [0.05, 0.1) is 5.69 Å². The van der Waals surface area contributed by atoms with Crippen molar-refractivity contribution >= 4 is 5.91 Å². The number of aryl methyl sites for hydroxylation is 1. The van der Waals surface area contributed by atoms with Gasteiger partial charge in [0.15, 0.2) is 0 Å². The van der Waals surface area contributed by atoms with Crippen LogP contribution in [-0.4, -0.2) is 22.2 Å². The number of unbranched alkanes of at least 4 members (excludes halogenated alkanes) is 1. The maximum absolute atomic E-state index is 12.4. The van der Waals surface area contributed by atoms with Gasteiger partial charge in [0.25, 0.3) is 0 Å². The van der Waals surface area contributed by atoms with E-state index in [0.717, 1.165) is 29.7 Å². The molecule has 0 aliphatic heterocycles. The van der Waals surface area contributed by atoms with Crippen molar-refractivity contribution in [3.05, 3.63) is 42.1 Å². The molecule has 0 aliphatic carbocycles. The maximum Gasteiger partial charge on any atom is 0.247 e. The van der Waals surface area contributed by atoms with Gasteiger partial charge in [0.2, 0.25) is 5.91 Å². The lowest BCUT2D eigenvalue weighted by Gasteiger charge is -2.24. The van der Waals surface area contributed by atoms with Crippen LogP contribution < -0.4 is 5.32 Å². The van der Waals surface area contributed by atoms with Crippen LogP contribution in [0.15, 0.2) is 36.5 Å². The highest BCUT2D eigenvalue weighted by atomic mass is 16.2. The highest BCUT2D eigenvalue weighted by Crippen LogP contribution is 2.24. The molecule has 0 saturated carbocycles. The lowest BCUT2D eigenvalue weighted by Crippen LogP contribution is -2.45. The summed E-state index contributed by atoms with van der Waals surface area (Å²) in [5.41, 5.74) is 2.36. The first-order valence-corrected chi connectivity index (χ1v) is 7.87. The molecular formula is C18H25N3O. The second-order valence-corrected chi connectivity index (χ2v) is 6.14. The molecule has 0 aliphatic rings. The van der Waals surface area contributed by atoms with Gasteiger partial charge in [-0.3, -0.25) is 9.48 Å². The lowest BCUT2D eigenvalue weighted by atomic mass is 10.0. The minimum atomic E-state index is -0.703. The normalized spacial score (nSPS) is 11.5. The topological polar surface area (TPSA) is 46.9 Å². The zero-order valence-corrected chi connectivity index (χ0v) is 13.9. The third kappa shape index (κ3) is 3.38. The van der Waals surface area contributed by atoms with Crippen molar-refractivity contribution in [2.24, 2.45) is 0 Å². The van der Waals surface area contributed by atoms with E-state index in [1.807, 2.05) is 57.3 Å². The first-order chi connectivity index (χ1) is 10.5.